The number of carbonyl (C=O) groups is 1. The number of nitrogens with zero attached hydrogens (tertiary/aromatic N) is 1. The van der Waals surface area contributed by atoms with Gasteiger partial charge in [-0.2, -0.15) is 8.42 Å². The van der Waals surface area contributed by atoms with Gasteiger partial charge in [-0.15, -0.1) is 0 Å². The van der Waals surface area contributed by atoms with Crippen molar-refractivity contribution < 1.29 is 32.3 Å². The number of hydrogen-bond donors (Lipinski definition) is 2. The van der Waals surface area contributed by atoms with Crippen LogP contribution in [-0.4, -0.2) is 66.6 Å². The zero-order valence-electron chi connectivity index (χ0n) is 16.0. The van der Waals surface area contributed by atoms with Crippen molar-refractivity contribution in [2.24, 2.45) is 0 Å². The Morgan fingerprint density at radius 2 is 1.89 bits per heavy atom. The smallest absolute Gasteiger partial charge is 0.410 e. The van der Waals surface area contributed by atoms with E-state index in [1.165, 1.54) is 17.0 Å². The van der Waals surface area contributed by atoms with Crippen LogP contribution in [0.2, 0.25) is 0 Å². The highest BCUT2D eigenvalue weighted by Gasteiger charge is 2.44. The minimum absolute atomic E-state index is 0.0302. The Labute approximate surface area is 159 Å². The summed E-state index contributed by atoms with van der Waals surface area (Å²) in [5, 5.41) is 20.9. The van der Waals surface area contributed by atoms with Crippen LogP contribution in [0.25, 0.3) is 0 Å². The number of aliphatic hydroxyl groups is 2. The lowest BCUT2D eigenvalue weighted by molar-refractivity contribution is -0.134. The molecule has 27 heavy (non-hydrogen) atoms. The van der Waals surface area contributed by atoms with Gasteiger partial charge >= 0.3 is 6.09 Å². The van der Waals surface area contributed by atoms with Gasteiger partial charge in [-0.1, -0.05) is 17.7 Å². The highest BCUT2D eigenvalue weighted by molar-refractivity contribution is 7.86. The second-order valence-corrected chi connectivity index (χ2v) is 9.44. The predicted octanol–water partition coefficient (Wildman–Crippen LogP) is 1.43. The van der Waals surface area contributed by atoms with Crippen LogP contribution in [0.5, 0.6) is 0 Å². The average molecular weight is 401 g/mol. The van der Waals surface area contributed by atoms with Gasteiger partial charge in [0.2, 0.25) is 0 Å². The number of likely N-dealkylation sites (tertiary alicyclic amines) is 1. The second kappa shape index (κ2) is 7.75. The molecule has 1 amide bonds. The lowest BCUT2D eigenvalue weighted by Gasteiger charge is -2.41. The Bertz CT molecular complexity index is 770. The summed E-state index contributed by atoms with van der Waals surface area (Å²) in [5.41, 5.74) is -1.56. The van der Waals surface area contributed by atoms with Crippen molar-refractivity contribution in [2.75, 3.05) is 19.7 Å². The highest BCUT2D eigenvalue weighted by atomic mass is 32.2. The summed E-state index contributed by atoms with van der Waals surface area (Å²) in [6, 6.07) is 6.10. The Morgan fingerprint density at radius 1 is 1.30 bits per heavy atom. The Morgan fingerprint density at radius 3 is 2.41 bits per heavy atom. The standard InChI is InChI=1S/C18H27NO7S/c1-13-5-7-14(8-6-13)27(23,24)25-12-18(22)9-10-19(11-15(18)20)16(21)26-17(2,3)4/h5-8,15,20,22H,9-12H2,1-4H3/t15-,18-/m1/s1. The maximum atomic E-state index is 12.3. The molecule has 1 fully saturated rings. The van der Waals surface area contributed by atoms with Crippen molar-refractivity contribution in [2.45, 2.75) is 56.3 Å². The molecule has 9 heteroatoms. The van der Waals surface area contributed by atoms with Gasteiger partial charge in [0.05, 0.1) is 18.0 Å². The molecule has 0 bridgehead atoms. The van der Waals surface area contributed by atoms with Gasteiger partial charge < -0.3 is 19.8 Å². The minimum Gasteiger partial charge on any atom is -0.444 e. The molecule has 0 unspecified atom stereocenters. The first-order valence-corrected chi connectivity index (χ1v) is 10.1. The maximum absolute atomic E-state index is 12.3. The summed E-state index contributed by atoms with van der Waals surface area (Å²) in [4.78, 5) is 13.3. The molecule has 0 aromatic heterocycles. The molecule has 1 aromatic carbocycles. The molecule has 1 aliphatic rings. The van der Waals surface area contributed by atoms with Crippen LogP contribution in [0, 0.1) is 6.92 Å². The third-order valence-corrected chi connectivity index (χ3v) is 5.53. The van der Waals surface area contributed by atoms with E-state index in [2.05, 4.69) is 0 Å². The fraction of sp³-hybridized carbons (Fsp3) is 0.611. The van der Waals surface area contributed by atoms with E-state index in [9.17, 15) is 23.4 Å². The number of hydrogen-bond acceptors (Lipinski definition) is 7. The number of amides is 1. The summed E-state index contributed by atoms with van der Waals surface area (Å²) >= 11 is 0. The molecule has 1 aliphatic heterocycles. The fourth-order valence-corrected chi connectivity index (χ4v) is 3.54. The van der Waals surface area contributed by atoms with Crippen molar-refractivity contribution in [3.63, 3.8) is 0 Å². The Kier molecular flexibility index (Phi) is 6.20. The molecule has 2 rings (SSSR count). The number of β-amino-alcohol motifs (C(OH)–C–C–N with tert-alkyl or cyclic N) is 1. The van der Waals surface area contributed by atoms with Crippen molar-refractivity contribution in [3.05, 3.63) is 29.8 Å². The Balaban J connectivity index is 1.99. The summed E-state index contributed by atoms with van der Waals surface area (Å²) in [5.74, 6) is 0. The fourth-order valence-electron chi connectivity index (χ4n) is 2.58. The summed E-state index contributed by atoms with van der Waals surface area (Å²) in [6.45, 7) is 6.33. The minimum atomic E-state index is -4.07. The van der Waals surface area contributed by atoms with E-state index >= 15 is 0 Å². The number of carbonyl (C=O) groups excluding carboxylic acids is 1. The van der Waals surface area contributed by atoms with E-state index in [0.717, 1.165) is 5.56 Å². The van der Waals surface area contributed by atoms with Crippen LogP contribution >= 0.6 is 0 Å². The molecule has 1 aromatic rings. The Hall–Kier alpha value is -1.68. The van der Waals surface area contributed by atoms with Gasteiger partial charge in [-0.25, -0.2) is 4.79 Å². The molecular weight excluding hydrogens is 374 g/mol. The van der Waals surface area contributed by atoms with Crippen LogP contribution in [0.1, 0.15) is 32.8 Å². The summed E-state index contributed by atoms with van der Waals surface area (Å²) in [7, 11) is -4.07. The van der Waals surface area contributed by atoms with Crippen LogP contribution in [0.15, 0.2) is 29.2 Å². The normalized spacial score (nSPS) is 23.9. The number of aryl methyl sites for hydroxylation is 1. The van der Waals surface area contributed by atoms with Gasteiger partial charge in [0.15, 0.2) is 0 Å². The number of aliphatic hydroxyl groups excluding tert-OH is 1. The molecule has 8 nitrogen and oxygen atoms in total. The van der Waals surface area contributed by atoms with Crippen LogP contribution < -0.4 is 0 Å². The summed E-state index contributed by atoms with van der Waals surface area (Å²) in [6.07, 6.45) is -2.01. The zero-order chi connectivity index (χ0) is 20.5. The largest absolute Gasteiger partial charge is 0.444 e. The van der Waals surface area contributed by atoms with Crippen LogP contribution in [0.3, 0.4) is 0 Å². The third kappa shape index (κ3) is 5.65. The van der Waals surface area contributed by atoms with E-state index in [0.29, 0.717) is 0 Å². The first-order valence-electron chi connectivity index (χ1n) is 8.67. The lowest BCUT2D eigenvalue weighted by Crippen LogP contribution is -2.59. The van der Waals surface area contributed by atoms with E-state index < -0.39 is 40.1 Å². The van der Waals surface area contributed by atoms with Crippen molar-refractivity contribution in [1.82, 2.24) is 4.90 Å². The molecule has 0 spiro atoms. The van der Waals surface area contributed by atoms with Gasteiger partial charge in [0, 0.05) is 6.54 Å². The van der Waals surface area contributed by atoms with Gasteiger partial charge in [-0.05, 0) is 46.2 Å². The molecule has 2 atom stereocenters. The molecule has 2 N–H and O–H groups in total. The molecule has 1 heterocycles. The predicted molar refractivity (Wildman–Crippen MR) is 97.7 cm³/mol. The molecule has 0 saturated carbocycles. The molecule has 0 radical (unpaired) electrons. The third-order valence-electron chi connectivity index (χ3n) is 4.25. The van der Waals surface area contributed by atoms with E-state index in [-0.39, 0.29) is 24.4 Å². The number of piperidine rings is 1. The van der Waals surface area contributed by atoms with E-state index in [1.54, 1.807) is 32.9 Å². The zero-order valence-corrected chi connectivity index (χ0v) is 16.8. The second-order valence-electron chi connectivity index (χ2n) is 7.83. The van der Waals surface area contributed by atoms with Crippen LogP contribution in [0.4, 0.5) is 4.79 Å². The highest BCUT2D eigenvalue weighted by Crippen LogP contribution is 2.26. The quantitative estimate of drug-likeness (QED) is 0.734. The van der Waals surface area contributed by atoms with Crippen molar-refractivity contribution in [1.29, 1.82) is 0 Å². The van der Waals surface area contributed by atoms with E-state index in [1.807, 2.05) is 6.92 Å². The van der Waals surface area contributed by atoms with E-state index in [4.69, 9.17) is 8.92 Å². The first-order chi connectivity index (χ1) is 12.3. The maximum Gasteiger partial charge on any atom is 0.410 e. The molecular formula is C18H27NO7S. The van der Waals surface area contributed by atoms with Gasteiger partial charge in [0.25, 0.3) is 10.1 Å². The van der Waals surface area contributed by atoms with Crippen LogP contribution in [-0.2, 0) is 19.0 Å². The monoisotopic (exact) mass is 401 g/mol. The lowest BCUT2D eigenvalue weighted by atomic mass is 9.90. The van der Waals surface area contributed by atoms with Crippen molar-refractivity contribution >= 4 is 16.2 Å². The van der Waals surface area contributed by atoms with Crippen molar-refractivity contribution in [3.8, 4) is 0 Å². The number of rotatable bonds is 4. The van der Waals surface area contributed by atoms with Gasteiger partial charge in [0.1, 0.15) is 17.3 Å². The average Bonchev–Trinajstić information content (AvgIpc) is 2.55. The molecule has 152 valence electrons. The number of ether oxygens (including phenoxy) is 1. The summed E-state index contributed by atoms with van der Waals surface area (Å²) < 4.78 is 34.7. The van der Waals surface area contributed by atoms with Gasteiger partial charge in [-0.3, -0.25) is 4.18 Å². The topological polar surface area (TPSA) is 113 Å². The first kappa shape index (κ1) is 21.6. The SMILES string of the molecule is Cc1ccc(S(=O)(=O)OC[C@]2(O)CCN(C(=O)OC(C)(C)C)C[C@H]2O)cc1. The number of benzene rings is 1. The molecule has 1 saturated heterocycles. The molecule has 0 aliphatic carbocycles.